The van der Waals surface area contributed by atoms with E-state index in [0.717, 1.165) is 5.56 Å². The second-order valence-electron chi connectivity index (χ2n) is 2.76. The van der Waals surface area contributed by atoms with E-state index in [1.165, 1.54) is 11.8 Å². The Balaban J connectivity index is 3.20. The van der Waals surface area contributed by atoms with Gasteiger partial charge in [0.2, 0.25) is 0 Å². The Morgan fingerprint density at radius 3 is 2.47 bits per heavy atom. The Morgan fingerprint density at radius 2 is 2.00 bits per heavy atom. The van der Waals surface area contributed by atoms with Crippen LogP contribution in [-0.2, 0) is 0 Å². The number of nitriles is 1. The molecule has 0 fully saturated rings. The van der Waals surface area contributed by atoms with Crippen molar-refractivity contribution in [2.75, 3.05) is 6.26 Å². The van der Waals surface area contributed by atoms with Crippen molar-refractivity contribution >= 4 is 33.9 Å². The number of hydrogen-bond acceptors (Lipinski definition) is 4. The molecule has 2 nitrogen and oxygen atoms in total. The summed E-state index contributed by atoms with van der Waals surface area (Å²) in [6.07, 6.45) is 1.83. The molecule has 1 aromatic rings. The van der Waals surface area contributed by atoms with E-state index in [9.17, 15) is 0 Å². The standard InChI is InChI=1S/C11H10N2S2/c1-15-11(14)9(7-12)10(13)8-5-3-2-4-6-8/h2-6H,13H2,1H3/b10-9-. The van der Waals surface area contributed by atoms with E-state index in [0.29, 0.717) is 15.5 Å². The molecule has 0 radical (unpaired) electrons. The van der Waals surface area contributed by atoms with Crippen molar-refractivity contribution in [2.24, 2.45) is 5.73 Å². The Kier molecular flexibility index (Phi) is 4.35. The highest BCUT2D eigenvalue weighted by atomic mass is 32.2. The minimum Gasteiger partial charge on any atom is -0.397 e. The van der Waals surface area contributed by atoms with Crippen LogP contribution in [-0.4, -0.2) is 10.5 Å². The summed E-state index contributed by atoms with van der Waals surface area (Å²) in [7, 11) is 0. The molecule has 0 saturated carbocycles. The molecule has 0 heterocycles. The van der Waals surface area contributed by atoms with Gasteiger partial charge in [0.1, 0.15) is 6.07 Å². The van der Waals surface area contributed by atoms with Gasteiger partial charge >= 0.3 is 0 Å². The van der Waals surface area contributed by atoms with Crippen LogP contribution in [0.15, 0.2) is 35.9 Å². The van der Waals surface area contributed by atoms with Gasteiger partial charge in [-0.3, -0.25) is 0 Å². The van der Waals surface area contributed by atoms with E-state index in [2.05, 4.69) is 0 Å². The maximum atomic E-state index is 8.97. The molecule has 4 heteroatoms. The minimum atomic E-state index is 0.378. The number of thioether (sulfide) groups is 1. The predicted octanol–water partition coefficient (Wildman–Crippen LogP) is 2.57. The number of nitrogens with zero attached hydrogens (tertiary/aromatic N) is 1. The Morgan fingerprint density at radius 1 is 1.40 bits per heavy atom. The van der Waals surface area contributed by atoms with Crippen molar-refractivity contribution in [1.29, 1.82) is 5.26 Å². The lowest BCUT2D eigenvalue weighted by atomic mass is 10.1. The van der Waals surface area contributed by atoms with Gasteiger partial charge in [-0.1, -0.05) is 42.5 Å². The fraction of sp³-hybridized carbons (Fsp3) is 0.0909. The highest BCUT2D eigenvalue weighted by molar-refractivity contribution is 8.23. The van der Waals surface area contributed by atoms with Crippen LogP contribution >= 0.6 is 24.0 Å². The first-order valence-electron chi connectivity index (χ1n) is 4.24. The fourth-order valence-corrected chi connectivity index (χ4v) is 1.60. The average molecular weight is 234 g/mol. The monoisotopic (exact) mass is 234 g/mol. The number of benzene rings is 1. The van der Waals surface area contributed by atoms with Crippen LogP contribution in [0.1, 0.15) is 5.56 Å². The van der Waals surface area contributed by atoms with Gasteiger partial charge in [-0.25, -0.2) is 0 Å². The third-order valence-electron chi connectivity index (χ3n) is 1.86. The number of rotatable bonds is 2. The quantitative estimate of drug-likeness (QED) is 0.485. The second-order valence-corrected chi connectivity index (χ2v) is 4.24. The zero-order chi connectivity index (χ0) is 11.3. The molecular weight excluding hydrogens is 224 g/mol. The van der Waals surface area contributed by atoms with Gasteiger partial charge in [0.05, 0.1) is 15.5 Å². The minimum absolute atomic E-state index is 0.378. The average Bonchev–Trinajstić information content (AvgIpc) is 2.30. The molecule has 0 aliphatic heterocycles. The SMILES string of the molecule is CSC(=S)/C(C#N)=C(\N)c1ccccc1. The van der Waals surface area contributed by atoms with E-state index >= 15 is 0 Å². The maximum absolute atomic E-state index is 8.97. The number of hydrogen-bond donors (Lipinski definition) is 1. The molecule has 1 aromatic carbocycles. The van der Waals surface area contributed by atoms with Crippen molar-refractivity contribution in [3.8, 4) is 6.07 Å². The Labute approximate surface area is 98.8 Å². The number of thiocarbonyl (C=S) groups is 1. The molecule has 0 aliphatic carbocycles. The summed E-state index contributed by atoms with van der Waals surface area (Å²) in [5, 5.41) is 8.97. The topological polar surface area (TPSA) is 49.8 Å². The third kappa shape index (κ3) is 2.82. The van der Waals surface area contributed by atoms with E-state index in [4.69, 9.17) is 23.2 Å². The molecular formula is C11H10N2S2. The summed E-state index contributed by atoms with van der Waals surface area (Å²) < 4.78 is 0.527. The summed E-state index contributed by atoms with van der Waals surface area (Å²) in [5.41, 5.74) is 7.53. The smallest absolute Gasteiger partial charge is 0.103 e. The highest BCUT2D eigenvalue weighted by Gasteiger charge is 2.09. The van der Waals surface area contributed by atoms with Crippen LogP contribution in [0.25, 0.3) is 5.70 Å². The van der Waals surface area contributed by atoms with Crippen LogP contribution in [0.3, 0.4) is 0 Å². The zero-order valence-electron chi connectivity index (χ0n) is 8.23. The summed E-state index contributed by atoms with van der Waals surface area (Å²) in [5.74, 6) is 0. The van der Waals surface area contributed by atoms with Gasteiger partial charge in [0, 0.05) is 0 Å². The summed E-state index contributed by atoms with van der Waals surface area (Å²) in [6.45, 7) is 0. The molecule has 0 atom stereocenters. The first-order chi connectivity index (χ1) is 7.20. The van der Waals surface area contributed by atoms with Crippen molar-refractivity contribution in [1.82, 2.24) is 0 Å². The van der Waals surface area contributed by atoms with E-state index < -0.39 is 0 Å². The molecule has 0 spiro atoms. The first kappa shape index (κ1) is 11.8. The third-order valence-corrected chi connectivity index (χ3v) is 3.13. The van der Waals surface area contributed by atoms with Gasteiger partial charge in [0.25, 0.3) is 0 Å². The Bertz CT molecular complexity index is 430. The van der Waals surface area contributed by atoms with Crippen LogP contribution in [0.4, 0.5) is 0 Å². The van der Waals surface area contributed by atoms with Crippen molar-refractivity contribution < 1.29 is 0 Å². The second kappa shape index (κ2) is 5.54. The molecule has 15 heavy (non-hydrogen) atoms. The Hall–Kier alpha value is -1.31. The van der Waals surface area contributed by atoms with Gasteiger partial charge < -0.3 is 5.73 Å². The predicted molar refractivity (Wildman–Crippen MR) is 69.3 cm³/mol. The largest absolute Gasteiger partial charge is 0.397 e. The van der Waals surface area contributed by atoms with Gasteiger partial charge in [-0.15, -0.1) is 11.8 Å². The molecule has 0 bridgehead atoms. The molecule has 0 aliphatic rings. The van der Waals surface area contributed by atoms with E-state index in [1.807, 2.05) is 42.7 Å². The molecule has 1 rings (SSSR count). The van der Waals surface area contributed by atoms with Gasteiger partial charge in [0.15, 0.2) is 0 Å². The molecule has 0 amide bonds. The van der Waals surface area contributed by atoms with Gasteiger partial charge in [-0.05, 0) is 11.8 Å². The van der Waals surface area contributed by atoms with Crippen LogP contribution in [0, 0.1) is 11.3 Å². The van der Waals surface area contributed by atoms with Crippen LogP contribution in [0.2, 0.25) is 0 Å². The molecule has 2 N–H and O–H groups in total. The van der Waals surface area contributed by atoms with Crippen molar-refractivity contribution in [3.63, 3.8) is 0 Å². The fourth-order valence-electron chi connectivity index (χ4n) is 1.08. The van der Waals surface area contributed by atoms with Crippen LogP contribution < -0.4 is 5.73 Å². The zero-order valence-corrected chi connectivity index (χ0v) is 9.86. The lowest BCUT2D eigenvalue weighted by molar-refractivity contribution is 1.47. The summed E-state index contributed by atoms with van der Waals surface area (Å²) in [6, 6.07) is 11.4. The molecule has 76 valence electrons. The lowest BCUT2D eigenvalue weighted by Gasteiger charge is -2.05. The van der Waals surface area contributed by atoms with Crippen molar-refractivity contribution in [3.05, 3.63) is 41.5 Å². The molecule has 0 saturated heterocycles. The van der Waals surface area contributed by atoms with E-state index in [-0.39, 0.29) is 0 Å². The summed E-state index contributed by atoms with van der Waals surface area (Å²) in [4.78, 5) is 0. The van der Waals surface area contributed by atoms with E-state index in [1.54, 1.807) is 0 Å². The normalized spacial score (nSPS) is 11.5. The molecule has 0 unspecified atom stereocenters. The van der Waals surface area contributed by atoms with Gasteiger partial charge in [-0.2, -0.15) is 5.26 Å². The maximum Gasteiger partial charge on any atom is 0.103 e. The van der Waals surface area contributed by atoms with Crippen LogP contribution in [0.5, 0.6) is 0 Å². The first-order valence-corrected chi connectivity index (χ1v) is 5.87. The lowest BCUT2D eigenvalue weighted by Crippen LogP contribution is -2.05. The van der Waals surface area contributed by atoms with Crippen molar-refractivity contribution in [2.45, 2.75) is 0 Å². The molecule has 0 aromatic heterocycles. The summed E-state index contributed by atoms with van der Waals surface area (Å²) >= 11 is 6.41. The number of nitrogens with two attached hydrogens (primary N) is 1. The highest BCUT2D eigenvalue weighted by Crippen LogP contribution is 2.18.